The largest absolute Gasteiger partial charge is 0.481 e. The number of methoxy groups -OCH3 is 1. The Bertz CT molecular complexity index is 636. The van der Waals surface area contributed by atoms with E-state index in [9.17, 15) is 0 Å². The topological polar surface area (TPSA) is 69.0 Å². The summed E-state index contributed by atoms with van der Waals surface area (Å²) in [5, 5.41) is 8.66. The summed E-state index contributed by atoms with van der Waals surface area (Å²) < 4.78 is 7.41. The fourth-order valence-corrected chi connectivity index (χ4v) is 2.59. The second-order valence-electron chi connectivity index (χ2n) is 5.22. The van der Waals surface area contributed by atoms with Gasteiger partial charge < -0.3 is 14.2 Å². The van der Waals surface area contributed by atoms with Crippen molar-refractivity contribution in [1.29, 1.82) is 0 Å². The second kappa shape index (κ2) is 4.43. The fraction of sp³-hybridized carbons (Fsp3) is 0.538. The zero-order chi connectivity index (χ0) is 13.5. The van der Waals surface area contributed by atoms with Crippen LogP contribution >= 0.6 is 0 Å². The van der Waals surface area contributed by atoms with E-state index in [2.05, 4.69) is 29.6 Å². The maximum atomic E-state index is 5.15. The van der Waals surface area contributed by atoms with Crippen molar-refractivity contribution in [3.63, 3.8) is 0 Å². The van der Waals surface area contributed by atoms with Gasteiger partial charge in [0.05, 0.1) is 13.7 Å². The summed E-state index contributed by atoms with van der Waals surface area (Å²) in [4.78, 5) is 10.8. The SMILES string of the molecule is COc1ccnc(N2CCn3c(nnc3C3CC3)C2)n1. The van der Waals surface area contributed by atoms with Gasteiger partial charge in [0, 0.05) is 31.3 Å². The summed E-state index contributed by atoms with van der Waals surface area (Å²) in [6, 6.07) is 1.75. The highest BCUT2D eigenvalue weighted by Crippen LogP contribution is 2.39. The third-order valence-corrected chi connectivity index (χ3v) is 3.83. The molecule has 0 atom stereocenters. The zero-order valence-corrected chi connectivity index (χ0v) is 11.4. The first-order chi connectivity index (χ1) is 9.85. The van der Waals surface area contributed by atoms with Crippen molar-refractivity contribution in [3.8, 4) is 5.88 Å². The van der Waals surface area contributed by atoms with Crippen molar-refractivity contribution >= 4 is 5.95 Å². The highest BCUT2D eigenvalue weighted by Gasteiger charge is 2.32. The van der Waals surface area contributed by atoms with Crippen LogP contribution in [0.2, 0.25) is 0 Å². The average Bonchev–Trinajstić information content (AvgIpc) is 3.26. The Morgan fingerprint density at radius 1 is 1.25 bits per heavy atom. The molecule has 2 aromatic heterocycles. The molecule has 0 unspecified atom stereocenters. The van der Waals surface area contributed by atoms with Crippen molar-refractivity contribution in [2.75, 3.05) is 18.6 Å². The summed E-state index contributed by atoms with van der Waals surface area (Å²) in [6.07, 6.45) is 4.22. The predicted octanol–water partition coefficient (Wildman–Crippen LogP) is 0.974. The molecule has 4 rings (SSSR count). The summed E-state index contributed by atoms with van der Waals surface area (Å²) >= 11 is 0. The summed E-state index contributed by atoms with van der Waals surface area (Å²) in [7, 11) is 1.61. The molecule has 20 heavy (non-hydrogen) atoms. The predicted molar refractivity (Wildman–Crippen MR) is 71.6 cm³/mol. The van der Waals surface area contributed by atoms with Crippen LogP contribution in [0.1, 0.15) is 30.4 Å². The number of ether oxygens (including phenoxy) is 1. The van der Waals surface area contributed by atoms with E-state index < -0.39 is 0 Å². The van der Waals surface area contributed by atoms with Crippen molar-refractivity contribution in [2.24, 2.45) is 0 Å². The molecule has 104 valence electrons. The van der Waals surface area contributed by atoms with Gasteiger partial charge in [-0.3, -0.25) is 0 Å². The maximum absolute atomic E-state index is 5.15. The molecule has 0 bridgehead atoms. The molecular weight excluding hydrogens is 256 g/mol. The van der Waals surface area contributed by atoms with Crippen LogP contribution in [0.4, 0.5) is 5.95 Å². The lowest BCUT2D eigenvalue weighted by Crippen LogP contribution is -2.35. The Labute approximate surface area is 116 Å². The number of anilines is 1. The van der Waals surface area contributed by atoms with Crippen molar-refractivity contribution in [1.82, 2.24) is 24.7 Å². The molecule has 0 N–H and O–H groups in total. The molecule has 1 aliphatic carbocycles. The van der Waals surface area contributed by atoms with Gasteiger partial charge in [-0.05, 0) is 12.8 Å². The minimum atomic E-state index is 0.584. The van der Waals surface area contributed by atoms with Crippen LogP contribution in [0, 0.1) is 0 Å². The van der Waals surface area contributed by atoms with Gasteiger partial charge in [0.25, 0.3) is 0 Å². The molecule has 0 saturated heterocycles. The van der Waals surface area contributed by atoms with Crippen LogP contribution in [-0.2, 0) is 13.1 Å². The smallest absolute Gasteiger partial charge is 0.229 e. The first kappa shape index (κ1) is 11.6. The fourth-order valence-electron chi connectivity index (χ4n) is 2.59. The summed E-state index contributed by atoms with van der Waals surface area (Å²) in [6.45, 7) is 2.47. The maximum Gasteiger partial charge on any atom is 0.229 e. The third kappa shape index (κ3) is 1.90. The lowest BCUT2D eigenvalue weighted by Gasteiger charge is -2.27. The van der Waals surface area contributed by atoms with Gasteiger partial charge >= 0.3 is 0 Å². The Kier molecular flexibility index (Phi) is 2.58. The number of rotatable bonds is 3. The molecule has 7 heteroatoms. The number of fused-ring (bicyclic) bond motifs is 1. The van der Waals surface area contributed by atoms with E-state index in [1.165, 1.54) is 12.8 Å². The van der Waals surface area contributed by atoms with Crippen LogP contribution < -0.4 is 9.64 Å². The quantitative estimate of drug-likeness (QED) is 0.829. The van der Waals surface area contributed by atoms with E-state index in [4.69, 9.17) is 4.74 Å². The number of hydrogen-bond acceptors (Lipinski definition) is 6. The van der Waals surface area contributed by atoms with Crippen molar-refractivity contribution < 1.29 is 4.74 Å². The molecular formula is C13H16N6O. The molecule has 0 amide bonds. The number of aromatic nitrogens is 5. The summed E-state index contributed by atoms with van der Waals surface area (Å²) in [5.41, 5.74) is 0. The van der Waals surface area contributed by atoms with Crippen LogP contribution in [0.5, 0.6) is 5.88 Å². The van der Waals surface area contributed by atoms with Crippen molar-refractivity contribution in [2.45, 2.75) is 31.8 Å². The molecule has 0 aromatic carbocycles. The van der Waals surface area contributed by atoms with Gasteiger partial charge in [0.15, 0.2) is 5.82 Å². The van der Waals surface area contributed by atoms with Crippen LogP contribution in [0.25, 0.3) is 0 Å². The third-order valence-electron chi connectivity index (χ3n) is 3.83. The van der Waals surface area contributed by atoms with E-state index in [1.54, 1.807) is 19.4 Å². The Morgan fingerprint density at radius 3 is 2.95 bits per heavy atom. The summed E-state index contributed by atoms with van der Waals surface area (Å²) in [5.74, 6) is 4.07. The number of hydrogen-bond donors (Lipinski definition) is 0. The first-order valence-electron chi connectivity index (χ1n) is 6.89. The highest BCUT2D eigenvalue weighted by atomic mass is 16.5. The van der Waals surface area contributed by atoms with Crippen LogP contribution in [0.15, 0.2) is 12.3 Å². The Morgan fingerprint density at radius 2 is 2.15 bits per heavy atom. The van der Waals surface area contributed by atoms with Crippen LogP contribution in [0.3, 0.4) is 0 Å². The van der Waals surface area contributed by atoms with Gasteiger partial charge in [0.2, 0.25) is 11.8 Å². The van der Waals surface area contributed by atoms with Gasteiger partial charge in [-0.15, -0.1) is 10.2 Å². The molecule has 1 saturated carbocycles. The molecule has 0 spiro atoms. The van der Waals surface area contributed by atoms with E-state index >= 15 is 0 Å². The molecule has 1 aliphatic heterocycles. The molecule has 2 aromatic rings. The van der Waals surface area contributed by atoms with Gasteiger partial charge in [0.1, 0.15) is 5.82 Å². The molecule has 7 nitrogen and oxygen atoms in total. The zero-order valence-electron chi connectivity index (χ0n) is 11.4. The normalized spacial score (nSPS) is 17.9. The lowest BCUT2D eigenvalue weighted by atomic mass is 10.3. The van der Waals surface area contributed by atoms with Crippen molar-refractivity contribution in [3.05, 3.63) is 23.9 Å². The lowest BCUT2D eigenvalue weighted by molar-refractivity contribution is 0.396. The Hall–Kier alpha value is -2.18. The van der Waals surface area contributed by atoms with E-state index in [0.29, 0.717) is 24.3 Å². The molecule has 0 radical (unpaired) electrons. The molecule has 3 heterocycles. The van der Waals surface area contributed by atoms with E-state index in [1.807, 2.05) is 0 Å². The van der Waals surface area contributed by atoms with Gasteiger partial charge in [-0.25, -0.2) is 4.98 Å². The second-order valence-corrected chi connectivity index (χ2v) is 5.22. The monoisotopic (exact) mass is 272 g/mol. The standard InChI is InChI=1S/C13H16N6O/c1-20-11-4-5-14-13(15-11)18-6-7-19-10(8-18)16-17-12(19)9-2-3-9/h4-5,9H,2-3,6-8H2,1H3. The molecule has 2 aliphatic rings. The Balaban J connectivity index is 1.59. The van der Waals surface area contributed by atoms with E-state index in [-0.39, 0.29) is 0 Å². The first-order valence-corrected chi connectivity index (χ1v) is 6.89. The minimum absolute atomic E-state index is 0.584. The van der Waals surface area contributed by atoms with Gasteiger partial charge in [-0.1, -0.05) is 0 Å². The highest BCUT2D eigenvalue weighted by molar-refractivity contribution is 5.33. The average molecular weight is 272 g/mol. The van der Waals surface area contributed by atoms with Gasteiger partial charge in [-0.2, -0.15) is 4.98 Å². The molecule has 1 fully saturated rings. The minimum Gasteiger partial charge on any atom is -0.481 e. The number of nitrogens with zero attached hydrogens (tertiary/aromatic N) is 6. The van der Waals surface area contributed by atoms with Crippen LogP contribution in [-0.4, -0.2) is 38.4 Å². The van der Waals surface area contributed by atoms with E-state index in [0.717, 1.165) is 24.7 Å².